The average molecular weight is 1660 g/mol. The van der Waals surface area contributed by atoms with Gasteiger partial charge < -0.3 is 114 Å². The van der Waals surface area contributed by atoms with E-state index in [1.165, 1.54) is 54.0 Å². The van der Waals surface area contributed by atoms with Crippen molar-refractivity contribution in [1.82, 2.24) is 102 Å². The van der Waals surface area contributed by atoms with Gasteiger partial charge in [0.25, 0.3) is 0 Å². The van der Waals surface area contributed by atoms with Crippen molar-refractivity contribution >= 4 is 58.4 Å². The van der Waals surface area contributed by atoms with Crippen molar-refractivity contribution < 1.29 is 93.5 Å². The fourth-order valence-corrected chi connectivity index (χ4v) is 20.3. The van der Waals surface area contributed by atoms with E-state index in [0.29, 0.717) is 84.8 Å². The topological polar surface area (TPSA) is 457 Å². The molecular weight excluding hydrogens is 1520 g/mol. The third kappa shape index (κ3) is 48.9. The molecule has 0 radical (unpaired) electrons. The largest absolute Gasteiger partial charge is 0.344 e. The molecule has 46 heteroatoms. The van der Waals surface area contributed by atoms with Crippen LogP contribution in [0.25, 0.3) is 0 Å². The van der Waals surface area contributed by atoms with Gasteiger partial charge >= 0.3 is 45.6 Å². The normalized spacial score (nSPS) is 22.1. The zero-order valence-electron chi connectivity index (χ0n) is 65.0. The van der Waals surface area contributed by atoms with Gasteiger partial charge in [0, 0.05) is 262 Å². The predicted molar refractivity (Wildman–Crippen MR) is 417 cm³/mol. The summed E-state index contributed by atoms with van der Waals surface area (Å²) in [7, 11) is -23.1. The van der Waals surface area contributed by atoms with Gasteiger partial charge in [-0.05, 0) is 41.5 Å². The first-order valence-electron chi connectivity index (χ1n) is 38.2. The molecule has 0 saturated carbocycles. The SMILES string of the molecule is C1CN2CCN3CCN(CCN1)C23.C1CNCCNCCNCCN1.CCOP(=O)(CN1CCN(C=O)CCN(CP(=O)(OCC)OCC)CCN(CP(=O)(OCC)OCC)CC1)OCC.O=CN1CCNCCNCCNCC1.O=P(O)(O)CN1CCNCCN(CP(=O)(O)O)CCN(CP(=O)(O)O)CC1. The maximum absolute atomic E-state index is 13.5. The third-order valence-corrected chi connectivity index (χ3v) is 26.0. The van der Waals surface area contributed by atoms with Crippen molar-refractivity contribution in [3.8, 4) is 0 Å². The molecule has 0 aliphatic carbocycles. The Hall–Kier alpha value is -0.880. The van der Waals surface area contributed by atoms with E-state index >= 15 is 0 Å². The lowest BCUT2D eigenvalue weighted by molar-refractivity contribution is -0.119. The highest BCUT2D eigenvalue weighted by Gasteiger charge is 2.41. The Bertz CT molecular complexity index is 2430. The zero-order chi connectivity index (χ0) is 78.7. The van der Waals surface area contributed by atoms with Crippen LogP contribution in [0.1, 0.15) is 41.5 Å². The average Bonchev–Trinajstić information content (AvgIpc) is 1.65. The standard InChI is InChI=1S/C24H53N4O10P3.C11H29N4O9P3.C9H20N4O.C9H18N4.C8H20N4/c1-7-33-39(30,34-8-2)22-26-15-13-25(21-29)14-16-27(23-40(31,35-9-3)36-10-4)18-20-28(19-17-26)24-41(32,37-11-5)38-12-6;16-25(17,18)9-13-3-1-12-2-4-14(10-26(19,20)21)6-8-15(7-5-13)11-27(22,23)24;14-9-13-7-5-11-3-1-10-2-4-12-6-8-13;1-3-11-5-7-13-8-6-12(9(11)13)4-2-10-1;1-2-10-5-6-12-8-7-11-4-3-9-1/h21H,7-20,22-24H2,1-6H3;12H,1-11H2,(H2,16,17,18)(H2,19,20,21)(H2,22,23,24);9-12H,1-8H2;9-10H,1-8H2;9-12H,1-8H2. The fraction of sp³-hybridized carbons (Fsp3) is 0.967. The summed E-state index contributed by atoms with van der Waals surface area (Å²) < 4.78 is 107. The number of hydrogen-bond acceptors (Lipinski definition) is 32. The van der Waals surface area contributed by atoms with E-state index in [1.54, 1.807) is 51.3 Å². The van der Waals surface area contributed by atoms with Gasteiger partial charge in [0.2, 0.25) is 12.8 Å². The summed E-state index contributed by atoms with van der Waals surface area (Å²) in [5.74, 6) is 0. The Morgan fingerprint density at radius 3 is 0.692 bits per heavy atom. The molecule has 7 saturated heterocycles. The highest BCUT2D eigenvalue weighted by atomic mass is 31.2. The molecule has 7 fully saturated rings. The second kappa shape index (κ2) is 58.0. The first kappa shape index (κ1) is 100. The number of carbonyl (C=O) groups excluding carboxylic acids is 2. The van der Waals surface area contributed by atoms with Crippen molar-refractivity contribution in [2.24, 2.45) is 0 Å². The first-order valence-corrected chi connectivity index (χ1v) is 48.8. The minimum atomic E-state index is -4.36. The molecule has 15 N–H and O–H groups in total. The maximum atomic E-state index is 13.5. The number of nitrogens with zero attached hydrogens (tertiary/aromatic N) is 11. The predicted octanol–water partition coefficient (Wildman–Crippen LogP) is -2.67. The fourth-order valence-electron chi connectivity index (χ4n) is 12.5. The summed E-state index contributed by atoms with van der Waals surface area (Å²) in [6.45, 7) is 43.1. The lowest BCUT2D eigenvalue weighted by Crippen LogP contribution is -2.51. The van der Waals surface area contributed by atoms with E-state index in [9.17, 15) is 66.3 Å². The van der Waals surface area contributed by atoms with Gasteiger partial charge in [0.1, 0.15) is 44.0 Å². The maximum Gasteiger partial charge on any atom is 0.344 e. The van der Waals surface area contributed by atoms with Crippen molar-refractivity contribution in [3.05, 3.63) is 0 Å². The van der Waals surface area contributed by atoms with E-state index in [2.05, 4.69) is 62.6 Å². The van der Waals surface area contributed by atoms with Gasteiger partial charge in [0.15, 0.2) is 0 Å². The third-order valence-electron chi connectivity index (χ3n) is 17.6. The smallest absolute Gasteiger partial charge is 0.343 e. The second-order valence-corrected chi connectivity index (χ2v) is 37.3. The quantitative estimate of drug-likeness (QED) is 0.0310. The van der Waals surface area contributed by atoms with Crippen LogP contribution in [0, 0.1) is 0 Å². The van der Waals surface area contributed by atoms with Gasteiger partial charge in [-0.15, -0.1) is 0 Å². The number of rotatable bonds is 26. The van der Waals surface area contributed by atoms with Crippen LogP contribution >= 0.6 is 45.6 Å². The van der Waals surface area contributed by atoms with Gasteiger partial charge in [-0.1, -0.05) is 0 Å². The first-order chi connectivity index (χ1) is 51.1. The lowest BCUT2D eigenvalue weighted by Gasteiger charge is -2.35. The van der Waals surface area contributed by atoms with Gasteiger partial charge in [0.05, 0.1) is 39.6 Å². The van der Waals surface area contributed by atoms with E-state index in [0.717, 1.165) is 131 Å². The molecule has 2 amide bonds. The van der Waals surface area contributed by atoms with E-state index in [1.807, 2.05) is 14.7 Å². The molecule has 7 heterocycles. The summed E-state index contributed by atoms with van der Waals surface area (Å²) in [6.07, 6.45) is 1.08. The molecule has 40 nitrogen and oxygen atoms in total. The van der Waals surface area contributed by atoms with E-state index < -0.39 is 64.4 Å². The minimum absolute atomic E-state index is 0.0555. The van der Waals surface area contributed by atoms with Crippen LogP contribution in [0.3, 0.4) is 0 Å². The molecule has 107 heavy (non-hydrogen) atoms. The monoisotopic (exact) mass is 1660 g/mol. The molecule has 7 rings (SSSR count). The molecule has 0 aromatic rings. The molecule has 0 spiro atoms. The number of hydrogen-bond donors (Lipinski definition) is 15. The Morgan fingerprint density at radius 1 is 0.262 bits per heavy atom. The molecule has 0 unspecified atom stereocenters. The summed E-state index contributed by atoms with van der Waals surface area (Å²) >= 11 is 0. The van der Waals surface area contributed by atoms with E-state index in [4.69, 9.17) is 27.1 Å². The van der Waals surface area contributed by atoms with Crippen molar-refractivity contribution in [3.63, 3.8) is 0 Å². The van der Waals surface area contributed by atoms with Gasteiger partial charge in [-0.2, -0.15) is 0 Å². The number of nitrogens with one attached hydrogen (secondary N) is 9. The van der Waals surface area contributed by atoms with Crippen LogP contribution in [0.2, 0.25) is 0 Å². The molecular formula is C61H140N20O20P6. The van der Waals surface area contributed by atoms with Crippen molar-refractivity contribution in [2.75, 3.05) is 339 Å². The summed E-state index contributed by atoms with van der Waals surface area (Å²) in [5.41, 5.74) is 0. The summed E-state index contributed by atoms with van der Waals surface area (Å²) in [5, 5.41) is 29.9. The highest BCUT2D eigenvalue weighted by molar-refractivity contribution is 7.54. The van der Waals surface area contributed by atoms with Crippen LogP contribution in [-0.2, 0) is 64.1 Å². The molecule has 0 aromatic carbocycles. The van der Waals surface area contributed by atoms with Crippen LogP contribution in [0.5, 0.6) is 0 Å². The molecule has 0 aromatic heterocycles. The molecule has 0 bridgehead atoms. The minimum Gasteiger partial charge on any atom is -0.343 e. The summed E-state index contributed by atoms with van der Waals surface area (Å²) in [4.78, 5) is 99.4. The lowest BCUT2D eigenvalue weighted by atomic mass is 10.4. The van der Waals surface area contributed by atoms with Crippen molar-refractivity contribution in [1.29, 1.82) is 0 Å². The van der Waals surface area contributed by atoms with Crippen molar-refractivity contribution in [2.45, 2.75) is 47.8 Å². The van der Waals surface area contributed by atoms with Crippen LogP contribution in [0.15, 0.2) is 0 Å². The summed E-state index contributed by atoms with van der Waals surface area (Å²) in [6, 6.07) is 0. The number of amides is 2. The second-order valence-electron chi connectivity index (χ2n) is 26.4. The Morgan fingerprint density at radius 2 is 0.449 bits per heavy atom. The van der Waals surface area contributed by atoms with E-state index in [-0.39, 0.29) is 84.7 Å². The van der Waals surface area contributed by atoms with Crippen LogP contribution in [-0.4, -0.2) is 442 Å². The van der Waals surface area contributed by atoms with Gasteiger partial charge in [-0.3, -0.25) is 81.1 Å². The Labute approximate surface area is 637 Å². The zero-order valence-corrected chi connectivity index (χ0v) is 70.4. The Balaban J connectivity index is 0.000000380. The molecule has 634 valence electrons. The molecule has 0 atom stereocenters. The highest BCUT2D eigenvalue weighted by Crippen LogP contribution is 2.51. The van der Waals surface area contributed by atoms with Crippen LogP contribution in [0.4, 0.5) is 0 Å². The molecule has 7 aliphatic rings. The Kier molecular flexibility index (Phi) is 54.4. The van der Waals surface area contributed by atoms with Crippen LogP contribution < -0.4 is 47.9 Å². The molecule has 7 aliphatic heterocycles. The van der Waals surface area contributed by atoms with Gasteiger partial charge in [-0.25, -0.2) is 0 Å². The number of carbonyl (C=O) groups is 2.